The van der Waals surface area contributed by atoms with Gasteiger partial charge in [-0.25, -0.2) is 4.98 Å². The van der Waals surface area contributed by atoms with Crippen LogP contribution in [0, 0.1) is 0 Å². The molecule has 1 aliphatic rings. The summed E-state index contributed by atoms with van der Waals surface area (Å²) in [7, 11) is 1.94. The van der Waals surface area contributed by atoms with Gasteiger partial charge in [0.2, 0.25) is 0 Å². The molecular formula is C15H18N2O2. The van der Waals surface area contributed by atoms with E-state index < -0.39 is 11.4 Å². The summed E-state index contributed by atoms with van der Waals surface area (Å²) in [5.74, 6) is -0.703. The molecule has 4 nitrogen and oxygen atoms in total. The molecule has 1 aliphatic carbocycles. The van der Waals surface area contributed by atoms with Crippen molar-refractivity contribution in [1.29, 1.82) is 0 Å². The normalized spacial score (nSPS) is 18.6. The van der Waals surface area contributed by atoms with Crippen molar-refractivity contribution < 1.29 is 9.90 Å². The lowest BCUT2D eigenvalue weighted by atomic mass is 9.69. The molecule has 1 saturated carbocycles. The van der Waals surface area contributed by atoms with Gasteiger partial charge in [-0.05, 0) is 24.5 Å². The minimum absolute atomic E-state index is 0.703. The molecule has 0 saturated heterocycles. The Labute approximate surface area is 112 Å². The third kappa shape index (κ3) is 1.74. The Kier molecular flexibility index (Phi) is 2.81. The van der Waals surface area contributed by atoms with Crippen molar-refractivity contribution in [1.82, 2.24) is 9.55 Å². The van der Waals surface area contributed by atoms with Crippen LogP contribution in [0.15, 0.2) is 24.5 Å². The van der Waals surface area contributed by atoms with Gasteiger partial charge in [0.25, 0.3) is 0 Å². The summed E-state index contributed by atoms with van der Waals surface area (Å²) in [6.07, 6.45) is 6.29. The Bertz CT molecular complexity index is 624. The zero-order chi connectivity index (χ0) is 13.5. The van der Waals surface area contributed by atoms with Crippen molar-refractivity contribution in [2.45, 2.75) is 37.5 Å². The molecule has 0 unspecified atom stereocenters. The summed E-state index contributed by atoms with van der Waals surface area (Å²) in [4.78, 5) is 16.3. The van der Waals surface area contributed by atoms with Gasteiger partial charge in [-0.3, -0.25) is 4.79 Å². The molecule has 0 atom stereocenters. The van der Waals surface area contributed by atoms with Crippen molar-refractivity contribution in [3.05, 3.63) is 30.1 Å². The summed E-state index contributed by atoms with van der Waals surface area (Å²) < 4.78 is 1.94. The summed E-state index contributed by atoms with van der Waals surface area (Å²) >= 11 is 0. The zero-order valence-corrected chi connectivity index (χ0v) is 11.1. The van der Waals surface area contributed by atoms with Gasteiger partial charge in [0.05, 0.1) is 22.8 Å². The smallest absolute Gasteiger partial charge is 0.314 e. The lowest BCUT2D eigenvalue weighted by molar-refractivity contribution is -0.145. The molecule has 0 amide bonds. The topological polar surface area (TPSA) is 55.1 Å². The van der Waals surface area contributed by atoms with E-state index in [9.17, 15) is 9.90 Å². The number of nitrogens with zero attached hydrogens (tertiary/aromatic N) is 2. The van der Waals surface area contributed by atoms with Gasteiger partial charge < -0.3 is 9.67 Å². The molecule has 1 N–H and O–H groups in total. The summed E-state index contributed by atoms with van der Waals surface area (Å²) in [6.45, 7) is 0. The number of aryl methyl sites for hydroxylation is 1. The highest BCUT2D eigenvalue weighted by atomic mass is 16.4. The summed E-state index contributed by atoms with van der Waals surface area (Å²) in [5.41, 5.74) is 1.99. The van der Waals surface area contributed by atoms with Crippen LogP contribution in [0.1, 0.15) is 37.7 Å². The van der Waals surface area contributed by atoms with Crippen molar-refractivity contribution in [2.24, 2.45) is 7.05 Å². The lowest BCUT2D eigenvalue weighted by Crippen LogP contribution is -2.38. The first-order valence-corrected chi connectivity index (χ1v) is 6.79. The van der Waals surface area contributed by atoms with E-state index >= 15 is 0 Å². The second kappa shape index (κ2) is 4.37. The number of hydrogen-bond donors (Lipinski definition) is 1. The highest BCUT2D eigenvalue weighted by Crippen LogP contribution is 2.42. The first-order chi connectivity index (χ1) is 9.15. The first-order valence-electron chi connectivity index (χ1n) is 6.79. The molecule has 0 aliphatic heterocycles. The Morgan fingerprint density at radius 3 is 2.74 bits per heavy atom. The van der Waals surface area contributed by atoms with Crippen LogP contribution in [0.3, 0.4) is 0 Å². The molecule has 19 heavy (non-hydrogen) atoms. The maximum Gasteiger partial charge on any atom is 0.314 e. The number of carbonyl (C=O) groups is 1. The Balaban J connectivity index is 2.23. The third-order valence-electron chi connectivity index (χ3n) is 4.39. The summed E-state index contributed by atoms with van der Waals surface area (Å²) in [5, 5.41) is 9.77. The van der Waals surface area contributed by atoms with Gasteiger partial charge in [0.1, 0.15) is 0 Å². The number of imidazole rings is 1. The largest absolute Gasteiger partial charge is 0.481 e. The van der Waals surface area contributed by atoms with Crippen LogP contribution in [-0.4, -0.2) is 20.6 Å². The van der Waals surface area contributed by atoms with Crippen LogP contribution in [0.4, 0.5) is 0 Å². The van der Waals surface area contributed by atoms with Crippen molar-refractivity contribution in [2.75, 3.05) is 0 Å². The predicted molar refractivity (Wildman–Crippen MR) is 73.1 cm³/mol. The highest BCUT2D eigenvalue weighted by molar-refractivity contribution is 5.90. The first kappa shape index (κ1) is 12.2. The SMILES string of the molecule is Cn1cnc2c(C3(C(=O)O)CCCCC3)cccc21. The van der Waals surface area contributed by atoms with Crippen molar-refractivity contribution in [3.8, 4) is 0 Å². The van der Waals surface area contributed by atoms with E-state index in [0.29, 0.717) is 0 Å². The minimum atomic E-state index is -0.744. The zero-order valence-electron chi connectivity index (χ0n) is 11.1. The van der Waals surface area contributed by atoms with Crippen molar-refractivity contribution >= 4 is 17.0 Å². The maximum atomic E-state index is 11.9. The number of para-hydroxylation sites is 1. The number of fused-ring (bicyclic) bond motifs is 1. The Hall–Kier alpha value is -1.84. The Morgan fingerprint density at radius 1 is 1.32 bits per heavy atom. The number of rotatable bonds is 2. The van der Waals surface area contributed by atoms with E-state index in [2.05, 4.69) is 4.98 Å². The van der Waals surface area contributed by atoms with Gasteiger partial charge >= 0.3 is 5.97 Å². The van der Waals surface area contributed by atoms with Crippen molar-refractivity contribution in [3.63, 3.8) is 0 Å². The van der Waals surface area contributed by atoms with Crippen LogP contribution in [-0.2, 0) is 17.3 Å². The summed E-state index contributed by atoms with van der Waals surface area (Å²) in [6, 6.07) is 5.87. The molecular weight excluding hydrogens is 240 g/mol. The van der Waals surface area contributed by atoms with E-state index in [0.717, 1.165) is 48.7 Å². The molecule has 100 valence electrons. The molecule has 0 radical (unpaired) electrons. The van der Waals surface area contributed by atoms with Crippen LogP contribution in [0.5, 0.6) is 0 Å². The van der Waals surface area contributed by atoms with Gasteiger partial charge in [-0.1, -0.05) is 31.4 Å². The predicted octanol–water partition coefficient (Wildman–Crippen LogP) is 2.86. The molecule has 1 aromatic carbocycles. The molecule has 2 aromatic rings. The molecule has 1 heterocycles. The molecule has 1 aromatic heterocycles. The average molecular weight is 258 g/mol. The second-order valence-corrected chi connectivity index (χ2v) is 5.48. The van der Waals surface area contributed by atoms with Crippen LogP contribution < -0.4 is 0 Å². The number of aromatic nitrogens is 2. The molecule has 0 bridgehead atoms. The fraction of sp³-hybridized carbons (Fsp3) is 0.467. The lowest BCUT2D eigenvalue weighted by Gasteiger charge is -2.33. The Morgan fingerprint density at radius 2 is 2.05 bits per heavy atom. The van der Waals surface area contributed by atoms with Gasteiger partial charge in [0.15, 0.2) is 0 Å². The second-order valence-electron chi connectivity index (χ2n) is 5.48. The van der Waals surface area contributed by atoms with E-state index in [1.54, 1.807) is 6.33 Å². The van der Waals surface area contributed by atoms with Crippen LogP contribution >= 0.6 is 0 Å². The number of carboxylic acid groups (broad SMARTS) is 1. The molecule has 4 heteroatoms. The standard InChI is InChI=1S/C15H18N2O2/c1-17-10-16-13-11(6-5-7-12(13)17)15(14(18)19)8-3-2-4-9-15/h5-7,10H,2-4,8-9H2,1H3,(H,18,19). The van der Waals surface area contributed by atoms with Gasteiger partial charge in [0, 0.05) is 7.05 Å². The number of aliphatic carboxylic acids is 1. The number of hydrogen-bond acceptors (Lipinski definition) is 2. The third-order valence-corrected chi connectivity index (χ3v) is 4.39. The maximum absolute atomic E-state index is 11.9. The minimum Gasteiger partial charge on any atom is -0.481 e. The number of carboxylic acids is 1. The monoisotopic (exact) mass is 258 g/mol. The van der Waals surface area contributed by atoms with E-state index in [1.165, 1.54) is 0 Å². The quantitative estimate of drug-likeness (QED) is 0.901. The van der Waals surface area contributed by atoms with Crippen LogP contribution in [0.2, 0.25) is 0 Å². The van der Waals surface area contributed by atoms with E-state index in [4.69, 9.17) is 0 Å². The molecule has 0 spiro atoms. The van der Waals surface area contributed by atoms with E-state index in [1.807, 2.05) is 29.8 Å². The molecule has 1 fully saturated rings. The molecule has 3 rings (SSSR count). The van der Waals surface area contributed by atoms with E-state index in [-0.39, 0.29) is 0 Å². The van der Waals surface area contributed by atoms with Gasteiger partial charge in [-0.15, -0.1) is 0 Å². The highest BCUT2D eigenvalue weighted by Gasteiger charge is 2.42. The van der Waals surface area contributed by atoms with Crippen LogP contribution in [0.25, 0.3) is 11.0 Å². The fourth-order valence-electron chi connectivity index (χ4n) is 3.30. The average Bonchev–Trinajstić information content (AvgIpc) is 2.81. The van der Waals surface area contributed by atoms with Gasteiger partial charge in [-0.2, -0.15) is 0 Å². The fourth-order valence-corrected chi connectivity index (χ4v) is 3.30. The number of benzene rings is 1.